The molecule has 1 fully saturated rings. The van der Waals surface area contributed by atoms with Crippen molar-refractivity contribution in [3.63, 3.8) is 0 Å². The molecule has 7 nitrogen and oxygen atoms in total. The Morgan fingerprint density at radius 3 is 3.11 bits per heavy atom. The Labute approximate surface area is 113 Å². The zero-order valence-corrected chi connectivity index (χ0v) is 10.8. The number of carbonyl (C=O) groups is 1. The number of nitrogens with zero attached hydrogens (tertiary/aromatic N) is 4. The Balaban J connectivity index is 1.60. The van der Waals surface area contributed by atoms with Gasteiger partial charge in [-0.1, -0.05) is 16.8 Å². The zero-order valence-electron chi connectivity index (χ0n) is 10.0. The van der Waals surface area contributed by atoms with Crippen LogP contribution in [0.2, 0.25) is 5.02 Å². The number of carbonyl (C=O) groups excluding carboxylic acids is 1. The van der Waals surface area contributed by atoms with Crippen LogP contribution >= 0.6 is 11.6 Å². The molecular formula is C11H12ClN5O2. The van der Waals surface area contributed by atoms with Crippen LogP contribution in [0.15, 0.2) is 16.9 Å². The van der Waals surface area contributed by atoms with Crippen molar-refractivity contribution < 1.29 is 9.32 Å². The second kappa shape index (κ2) is 5.00. The summed E-state index contributed by atoms with van der Waals surface area (Å²) in [4.78, 5) is 15.7. The lowest BCUT2D eigenvalue weighted by atomic mass is 10.4. The summed E-state index contributed by atoms with van der Waals surface area (Å²) in [6.07, 6.45) is 5.51. The summed E-state index contributed by atoms with van der Waals surface area (Å²) in [6.45, 7) is 0.984. The van der Waals surface area contributed by atoms with Gasteiger partial charge < -0.3 is 9.84 Å². The minimum Gasteiger partial charge on any atom is -0.348 e. The van der Waals surface area contributed by atoms with E-state index >= 15 is 0 Å². The minimum absolute atomic E-state index is 0.0195. The van der Waals surface area contributed by atoms with Gasteiger partial charge in [0.25, 0.3) is 0 Å². The van der Waals surface area contributed by atoms with Gasteiger partial charge in [0.15, 0.2) is 5.82 Å². The first kappa shape index (κ1) is 12.2. The monoisotopic (exact) mass is 281 g/mol. The molecule has 0 bridgehead atoms. The molecule has 0 aromatic carbocycles. The number of nitrogens with one attached hydrogen (secondary N) is 1. The third-order valence-electron chi connectivity index (χ3n) is 2.82. The van der Waals surface area contributed by atoms with Gasteiger partial charge in [0, 0.05) is 12.7 Å². The summed E-state index contributed by atoms with van der Waals surface area (Å²) >= 11 is 5.75. The topological polar surface area (TPSA) is 85.8 Å². The lowest BCUT2D eigenvalue weighted by molar-refractivity contribution is 0.0908. The third-order valence-corrected chi connectivity index (χ3v) is 3.01. The van der Waals surface area contributed by atoms with Crippen molar-refractivity contribution in [1.82, 2.24) is 25.2 Å². The van der Waals surface area contributed by atoms with Crippen LogP contribution in [0.5, 0.6) is 0 Å². The van der Waals surface area contributed by atoms with E-state index < -0.39 is 0 Å². The fourth-order valence-electron chi connectivity index (χ4n) is 1.61. The molecule has 1 aliphatic carbocycles. The molecule has 1 saturated carbocycles. The van der Waals surface area contributed by atoms with E-state index in [1.54, 1.807) is 10.9 Å². The van der Waals surface area contributed by atoms with Gasteiger partial charge in [-0.15, -0.1) is 0 Å². The van der Waals surface area contributed by atoms with Gasteiger partial charge in [-0.2, -0.15) is 10.1 Å². The molecule has 1 aliphatic rings. The molecule has 0 spiro atoms. The highest BCUT2D eigenvalue weighted by atomic mass is 35.5. The SMILES string of the molecule is O=C(NCC1CC1)c1nc(Cn2cc(Cl)cn2)no1. The molecule has 0 saturated heterocycles. The predicted molar refractivity (Wildman–Crippen MR) is 65.7 cm³/mol. The van der Waals surface area contributed by atoms with E-state index in [1.165, 1.54) is 19.0 Å². The molecule has 2 aromatic heterocycles. The Bertz CT molecular complexity index is 589. The molecule has 0 radical (unpaired) electrons. The predicted octanol–water partition coefficient (Wildman–Crippen LogP) is 1.11. The number of hydrogen-bond donors (Lipinski definition) is 1. The van der Waals surface area contributed by atoms with Crippen molar-refractivity contribution >= 4 is 17.5 Å². The van der Waals surface area contributed by atoms with Gasteiger partial charge in [-0.3, -0.25) is 9.48 Å². The van der Waals surface area contributed by atoms with Crippen molar-refractivity contribution in [3.8, 4) is 0 Å². The van der Waals surface area contributed by atoms with Crippen molar-refractivity contribution in [2.45, 2.75) is 19.4 Å². The number of aromatic nitrogens is 4. The van der Waals surface area contributed by atoms with Crippen LogP contribution in [-0.4, -0.2) is 32.4 Å². The van der Waals surface area contributed by atoms with Crippen LogP contribution < -0.4 is 5.32 Å². The van der Waals surface area contributed by atoms with Crippen molar-refractivity contribution in [2.24, 2.45) is 5.92 Å². The van der Waals surface area contributed by atoms with Crippen LogP contribution in [0.1, 0.15) is 29.4 Å². The van der Waals surface area contributed by atoms with E-state index in [9.17, 15) is 4.79 Å². The first-order valence-electron chi connectivity index (χ1n) is 5.99. The Hall–Kier alpha value is -1.89. The average molecular weight is 282 g/mol. The van der Waals surface area contributed by atoms with Crippen molar-refractivity contribution in [1.29, 1.82) is 0 Å². The maximum atomic E-state index is 11.7. The molecule has 0 aliphatic heterocycles. The summed E-state index contributed by atoms with van der Waals surface area (Å²) in [5, 5.41) is 11.0. The Morgan fingerprint density at radius 2 is 2.42 bits per heavy atom. The van der Waals surface area contributed by atoms with Gasteiger partial charge in [0.2, 0.25) is 0 Å². The second-order valence-corrected chi connectivity index (χ2v) is 4.96. The number of hydrogen-bond acceptors (Lipinski definition) is 5. The summed E-state index contributed by atoms with van der Waals surface area (Å²) in [5.41, 5.74) is 0. The average Bonchev–Trinajstić information content (AvgIpc) is 2.96. The van der Waals surface area contributed by atoms with Crippen LogP contribution in [0.4, 0.5) is 0 Å². The van der Waals surface area contributed by atoms with Crippen LogP contribution in [0, 0.1) is 5.92 Å². The van der Waals surface area contributed by atoms with Gasteiger partial charge in [-0.05, 0) is 18.8 Å². The zero-order chi connectivity index (χ0) is 13.2. The third kappa shape index (κ3) is 3.11. The summed E-state index contributed by atoms with van der Waals surface area (Å²) in [6, 6.07) is 0. The molecule has 3 rings (SSSR count). The van der Waals surface area contributed by atoms with E-state index in [-0.39, 0.29) is 11.8 Å². The number of amides is 1. The second-order valence-electron chi connectivity index (χ2n) is 4.53. The first-order valence-corrected chi connectivity index (χ1v) is 6.37. The fourth-order valence-corrected chi connectivity index (χ4v) is 1.77. The van der Waals surface area contributed by atoms with Gasteiger partial charge >= 0.3 is 11.8 Å². The van der Waals surface area contributed by atoms with Crippen LogP contribution in [0.25, 0.3) is 0 Å². The normalized spacial score (nSPS) is 14.6. The molecule has 100 valence electrons. The quantitative estimate of drug-likeness (QED) is 0.887. The molecule has 0 atom stereocenters. The van der Waals surface area contributed by atoms with Crippen LogP contribution in [-0.2, 0) is 6.54 Å². The first-order chi connectivity index (χ1) is 9.20. The van der Waals surface area contributed by atoms with E-state index in [0.29, 0.717) is 29.9 Å². The lowest BCUT2D eigenvalue weighted by Gasteiger charge is -1.98. The molecule has 2 heterocycles. The number of halogens is 1. The van der Waals surface area contributed by atoms with E-state index in [1.807, 2.05) is 0 Å². The summed E-state index contributed by atoms with van der Waals surface area (Å²) < 4.78 is 6.48. The highest BCUT2D eigenvalue weighted by molar-refractivity contribution is 6.30. The largest absolute Gasteiger partial charge is 0.348 e. The summed E-state index contributed by atoms with van der Waals surface area (Å²) in [5.74, 6) is 0.645. The maximum Gasteiger partial charge on any atom is 0.316 e. The minimum atomic E-state index is -0.329. The summed E-state index contributed by atoms with van der Waals surface area (Å²) in [7, 11) is 0. The molecule has 1 amide bonds. The van der Waals surface area contributed by atoms with Crippen molar-refractivity contribution in [3.05, 3.63) is 29.1 Å². The standard InChI is InChI=1S/C11H12ClN5O2/c12-8-4-14-17(5-8)6-9-15-11(19-16-9)10(18)13-3-7-1-2-7/h4-5,7H,1-3,6H2,(H,13,18). The van der Waals surface area contributed by atoms with E-state index in [4.69, 9.17) is 16.1 Å². The highest BCUT2D eigenvalue weighted by Crippen LogP contribution is 2.27. The van der Waals surface area contributed by atoms with Crippen LogP contribution in [0.3, 0.4) is 0 Å². The lowest BCUT2D eigenvalue weighted by Crippen LogP contribution is -2.25. The Kier molecular flexibility index (Phi) is 3.20. The van der Waals surface area contributed by atoms with Crippen molar-refractivity contribution in [2.75, 3.05) is 6.54 Å². The smallest absolute Gasteiger partial charge is 0.316 e. The molecule has 8 heteroatoms. The number of rotatable bonds is 5. The highest BCUT2D eigenvalue weighted by Gasteiger charge is 2.23. The van der Waals surface area contributed by atoms with E-state index in [0.717, 1.165) is 0 Å². The molecule has 0 unspecified atom stereocenters. The Morgan fingerprint density at radius 1 is 1.58 bits per heavy atom. The van der Waals surface area contributed by atoms with Gasteiger partial charge in [-0.25, -0.2) is 0 Å². The van der Waals surface area contributed by atoms with E-state index in [2.05, 4.69) is 20.6 Å². The molecule has 19 heavy (non-hydrogen) atoms. The maximum absolute atomic E-state index is 11.7. The fraction of sp³-hybridized carbons (Fsp3) is 0.455. The molecule has 1 N–H and O–H groups in total. The van der Waals surface area contributed by atoms with Gasteiger partial charge in [0.1, 0.15) is 6.54 Å². The van der Waals surface area contributed by atoms with Gasteiger partial charge in [0.05, 0.1) is 11.2 Å². The molecule has 2 aromatic rings. The molecular weight excluding hydrogens is 270 g/mol.